The number of benzene rings is 2. The van der Waals surface area contributed by atoms with E-state index in [0.29, 0.717) is 25.3 Å². The Bertz CT molecular complexity index is 936. The standard InChI is InChI=1S/C24H28F2N4O.HI/c1-27-24(29-21-13-18(21)23-19(25)8-5-9-20(23)26)28-14-17-12-22(31)30(15-17)11-10-16-6-3-2-4-7-16;/h2-9,17-18,21H,10-15H2,1H3,(H2,27,28,29);1H. The molecule has 8 heteroatoms. The Labute approximate surface area is 204 Å². The molecule has 0 aromatic heterocycles. The van der Waals surface area contributed by atoms with Gasteiger partial charge in [-0.2, -0.15) is 0 Å². The molecular weight excluding hydrogens is 525 g/mol. The van der Waals surface area contributed by atoms with Crippen LogP contribution in [0.2, 0.25) is 0 Å². The Kier molecular flexibility index (Phi) is 8.44. The molecule has 3 atom stereocenters. The second-order valence-corrected chi connectivity index (χ2v) is 8.33. The van der Waals surface area contributed by atoms with Crippen LogP contribution in [0.15, 0.2) is 53.5 Å². The van der Waals surface area contributed by atoms with Crippen molar-refractivity contribution >= 4 is 35.8 Å². The van der Waals surface area contributed by atoms with E-state index in [0.717, 1.165) is 19.5 Å². The number of hydrogen-bond acceptors (Lipinski definition) is 2. The minimum Gasteiger partial charge on any atom is -0.356 e. The zero-order chi connectivity index (χ0) is 21.8. The molecule has 1 saturated carbocycles. The zero-order valence-corrected chi connectivity index (χ0v) is 20.4. The van der Waals surface area contributed by atoms with Crippen LogP contribution in [-0.2, 0) is 11.2 Å². The highest BCUT2D eigenvalue weighted by Gasteiger charge is 2.42. The van der Waals surface area contributed by atoms with Crippen LogP contribution in [-0.4, -0.2) is 49.5 Å². The van der Waals surface area contributed by atoms with E-state index in [2.05, 4.69) is 27.8 Å². The fourth-order valence-corrected chi connectivity index (χ4v) is 4.27. The van der Waals surface area contributed by atoms with Crippen molar-refractivity contribution in [3.8, 4) is 0 Å². The first-order valence-electron chi connectivity index (χ1n) is 10.8. The molecule has 0 spiro atoms. The van der Waals surface area contributed by atoms with Crippen LogP contribution in [0.25, 0.3) is 0 Å². The van der Waals surface area contributed by atoms with E-state index >= 15 is 0 Å². The molecule has 1 saturated heterocycles. The summed E-state index contributed by atoms with van der Waals surface area (Å²) in [5.41, 5.74) is 1.37. The largest absolute Gasteiger partial charge is 0.356 e. The normalized spacial score (nSPS) is 22.5. The van der Waals surface area contributed by atoms with Crippen molar-refractivity contribution in [2.75, 3.05) is 26.7 Å². The first kappa shape index (κ1) is 24.4. The van der Waals surface area contributed by atoms with Gasteiger partial charge in [0.25, 0.3) is 0 Å². The van der Waals surface area contributed by atoms with Crippen molar-refractivity contribution in [2.45, 2.75) is 31.2 Å². The third kappa shape index (κ3) is 5.96. The predicted octanol–water partition coefficient (Wildman–Crippen LogP) is 3.69. The molecule has 5 nitrogen and oxygen atoms in total. The first-order valence-corrected chi connectivity index (χ1v) is 10.8. The van der Waals surface area contributed by atoms with Gasteiger partial charge in [-0.15, -0.1) is 24.0 Å². The van der Waals surface area contributed by atoms with Crippen LogP contribution >= 0.6 is 24.0 Å². The molecule has 2 aromatic carbocycles. The van der Waals surface area contributed by atoms with Crippen molar-refractivity contribution < 1.29 is 13.6 Å². The molecule has 1 amide bonds. The molecule has 1 heterocycles. The van der Waals surface area contributed by atoms with Crippen molar-refractivity contribution in [2.24, 2.45) is 10.9 Å². The Morgan fingerprint density at radius 3 is 2.53 bits per heavy atom. The molecule has 2 N–H and O–H groups in total. The molecule has 2 aliphatic rings. The number of nitrogens with one attached hydrogen (secondary N) is 2. The van der Waals surface area contributed by atoms with Crippen LogP contribution in [0.1, 0.15) is 29.9 Å². The summed E-state index contributed by atoms with van der Waals surface area (Å²) in [6.45, 7) is 2.07. The van der Waals surface area contributed by atoms with Crippen LogP contribution < -0.4 is 10.6 Å². The third-order valence-corrected chi connectivity index (χ3v) is 6.07. The molecule has 2 aromatic rings. The number of likely N-dealkylation sites (tertiary alicyclic amines) is 1. The number of carbonyl (C=O) groups is 1. The van der Waals surface area contributed by atoms with Gasteiger partial charge in [-0.05, 0) is 30.5 Å². The van der Waals surface area contributed by atoms with E-state index in [9.17, 15) is 13.6 Å². The van der Waals surface area contributed by atoms with Crippen LogP contribution in [0.4, 0.5) is 8.78 Å². The van der Waals surface area contributed by atoms with E-state index in [1.807, 2.05) is 23.1 Å². The summed E-state index contributed by atoms with van der Waals surface area (Å²) in [6.07, 6.45) is 2.03. The summed E-state index contributed by atoms with van der Waals surface area (Å²) in [4.78, 5) is 18.5. The molecule has 4 rings (SSSR count). The fraction of sp³-hybridized carbons (Fsp3) is 0.417. The van der Waals surface area contributed by atoms with Gasteiger partial charge in [-0.25, -0.2) is 8.78 Å². The Balaban J connectivity index is 0.00000289. The van der Waals surface area contributed by atoms with Gasteiger partial charge in [0.15, 0.2) is 5.96 Å². The van der Waals surface area contributed by atoms with Crippen LogP contribution in [0.3, 0.4) is 0 Å². The molecule has 1 aliphatic carbocycles. The van der Waals surface area contributed by atoms with Crippen molar-refractivity contribution in [1.29, 1.82) is 0 Å². The first-order chi connectivity index (χ1) is 15.0. The van der Waals surface area contributed by atoms with Gasteiger partial charge in [-0.1, -0.05) is 36.4 Å². The summed E-state index contributed by atoms with van der Waals surface area (Å²) in [5, 5.41) is 6.52. The highest BCUT2D eigenvalue weighted by molar-refractivity contribution is 14.0. The molecule has 3 unspecified atom stereocenters. The Morgan fingerprint density at radius 2 is 1.84 bits per heavy atom. The molecule has 0 radical (unpaired) electrons. The number of carbonyl (C=O) groups excluding carboxylic acids is 1. The van der Waals surface area contributed by atoms with E-state index in [1.165, 1.54) is 23.8 Å². The zero-order valence-electron chi connectivity index (χ0n) is 18.1. The van der Waals surface area contributed by atoms with Crippen molar-refractivity contribution in [3.05, 3.63) is 71.3 Å². The monoisotopic (exact) mass is 554 g/mol. The lowest BCUT2D eigenvalue weighted by Gasteiger charge is -2.18. The van der Waals surface area contributed by atoms with Gasteiger partial charge in [0.1, 0.15) is 11.6 Å². The van der Waals surface area contributed by atoms with E-state index < -0.39 is 11.6 Å². The van der Waals surface area contributed by atoms with Gasteiger partial charge < -0.3 is 15.5 Å². The number of nitrogens with zero attached hydrogens (tertiary/aromatic N) is 2. The minimum atomic E-state index is -0.502. The number of rotatable bonds is 7. The average Bonchev–Trinajstić information content (AvgIpc) is 3.42. The number of hydrogen-bond donors (Lipinski definition) is 2. The van der Waals surface area contributed by atoms with Gasteiger partial charge in [0, 0.05) is 56.5 Å². The summed E-state index contributed by atoms with van der Waals surface area (Å²) in [6, 6.07) is 14.1. The lowest BCUT2D eigenvalue weighted by Crippen LogP contribution is -2.41. The van der Waals surface area contributed by atoms with Crippen molar-refractivity contribution in [3.63, 3.8) is 0 Å². The maximum atomic E-state index is 14.0. The predicted molar refractivity (Wildman–Crippen MR) is 132 cm³/mol. The number of halogens is 3. The quantitative estimate of drug-likeness (QED) is 0.312. The topological polar surface area (TPSA) is 56.7 Å². The molecule has 0 bridgehead atoms. The average molecular weight is 554 g/mol. The van der Waals surface area contributed by atoms with Gasteiger partial charge in [0.05, 0.1) is 0 Å². The SMILES string of the molecule is CN=C(NCC1CC(=O)N(CCc2ccccc2)C1)NC1CC1c1c(F)cccc1F.I. The molecule has 32 heavy (non-hydrogen) atoms. The number of guanidine groups is 1. The van der Waals surface area contributed by atoms with Gasteiger partial charge in [0.2, 0.25) is 5.91 Å². The summed E-state index contributed by atoms with van der Waals surface area (Å²) in [5.74, 6) is -0.209. The molecule has 172 valence electrons. The van der Waals surface area contributed by atoms with Gasteiger partial charge in [-0.3, -0.25) is 9.79 Å². The Hall–Kier alpha value is -2.23. The van der Waals surface area contributed by atoms with E-state index in [-0.39, 0.29) is 53.3 Å². The van der Waals surface area contributed by atoms with E-state index in [4.69, 9.17) is 0 Å². The third-order valence-electron chi connectivity index (χ3n) is 6.07. The lowest BCUT2D eigenvalue weighted by atomic mass is 10.1. The highest BCUT2D eigenvalue weighted by atomic mass is 127. The lowest BCUT2D eigenvalue weighted by molar-refractivity contribution is -0.127. The minimum absolute atomic E-state index is 0. The highest BCUT2D eigenvalue weighted by Crippen LogP contribution is 2.43. The Morgan fingerprint density at radius 1 is 1.12 bits per heavy atom. The second-order valence-electron chi connectivity index (χ2n) is 8.33. The van der Waals surface area contributed by atoms with E-state index in [1.54, 1.807) is 7.05 Å². The van der Waals surface area contributed by atoms with Crippen LogP contribution in [0.5, 0.6) is 0 Å². The molecule has 2 fully saturated rings. The maximum absolute atomic E-state index is 14.0. The molecule has 1 aliphatic heterocycles. The van der Waals surface area contributed by atoms with Crippen LogP contribution in [0, 0.1) is 17.6 Å². The molecular formula is C24H29F2IN4O. The summed E-state index contributed by atoms with van der Waals surface area (Å²) < 4.78 is 28.0. The number of aliphatic imine (C=N–C) groups is 1. The fourth-order valence-electron chi connectivity index (χ4n) is 4.27. The number of amides is 1. The maximum Gasteiger partial charge on any atom is 0.223 e. The summed E-state index contributed by atoms with van der Waals surface area (Å²) in [7, 11) is 1.67. The van der Waals surface area contributed by atoms with Gasteiger partial charge >= 0.3 is 0 Å². The van der Waals surface area contributed by atoms with Crippen molar-refractivity contribution in [1.82, 2.24) is 15.5 Å². The second kappa shape index (κ2) is 11.1. The summed E-state index contributed by atoms with van der Waals surface area (Å²) >= 11 is 0. The smallest absolute Gasteiger partial charge is 0.223 e.